The first-order chi connectivity index (χ1) is 9.83. The Morgan fingerprint density at radius 1 is 1.38 bits per heavy atom. The predicted octanol–water partition coefficient (Wildman–Crippen LogP) is 2.92. The van der Waals surface area contributed by atoms with Gasteiger partial charge in [-0.1, -0.05) is 19.1 Å². The van der Waals surface area contributed by atoms with Gasteiger partial charge in [-0.15, -0.1) is 0 Å². The highest BCUT2D eigenvalue weighted by Crippen LogP contribution is 2.34. The molecule has 2 unspecified atom stereocenters. The molecule has 0 amide bonds. The van der Waals surface area contributed by atoms with Crippen molar-refractivity contribution in [3.05, 3.63) is 29.6 Å². The van der Waals surface area contributed by atoms with E-state index in [1.165, 1.54) is 6.07 Å². The van der Waals surface area contributed by atoms with E-state index < -0.39 is 0 Å². The van der Waals surface area contributed by atoms with Gasteiger partial charge in [-0.05, 0) is 44.7 Å². The molecule has 1 aliphatic rings. The van der Waals surface area contributed by atoms with E-state index in [1.54, 1.807) is 6.07 Å². The average Bonchev–Trinajstić information content (AvgIpc) is 2.76. The van der Waals surface area contributed by atoms with Crippen LogP contribution in [0.2, 0.25) is 0 Å². The van der Waals surface area contributed by atoms with Crippen molar-refractivity contribution in [2.75, 3.05) is 18.1 Å². The summed E-state index contributed by atoms with van der Waals surface area (Å²) < 4.78 is 14.4. The number of nitrogens with zero attached hydrogens (tertiary/aromatic N) is 1. The molecule has 0 bridgehead atoms. The molecule has 2 N–H and O–H groups in total. The largest absolute Gasteiger partial charge is 0.394 e. The summed E-state index contributed by atoms with van der Waals surface area (Å²) in [6.07, 6.45) is 0.992. The van der Waals surface area contributed by atoms with Crippen LogP contribution in [0.1, 0.15) is 39.7 Å². The molecular weight excluding hydrogens is 267 g/mol. The van der Waals surface area contributed by atoms with E-state index in [0.29, 0.717) is 18.2 Å². The highest BCUT2D eigenvalue weighted by molar-refractivity contribution is 5.56. The van der Waals surface area contributed by atoms with Crippen LogP contribution in [-0.4, -0.2) is 29.8 Å². The molecule has 3 nitrogen and oxygen atoms in total. The van der Waals surface area contributed by atoms with Gasteiger partial charge in [0.1, 0.15) is 5.82 Å². The van der Waals surface area contributed by atoms with Crippen molar-refractivity contribution in [2.45, 2.75) is 52.2 Å². The van der Waals surface area contributed by atoms with Gasteiger partial charge >= 0.3 is 0 Å². The van der Waals surface area contributed by atoms with E-state index in [-0.39, 0.29) is 24.0 Å². The summed E-state index contributed by atoms with van der Waals surface area (Å²) in [5.41, 5.74) is 1.59. The normalized spacial score (nSPS) is 22.9. The number of benzene rings is 1. The fraction of sp³-hybridized carbons (Fsp3) is 0.647. The van der Waals surface area contributed by atoms with Gasteiger partial charge in [0.05, 0.1) is 18.3 Å². The van der Waals surface area contributed by atoms with E-state index in [9.17, 15) is 9.50 Å². The maximum Gasteiger partial charge on any atom is 0.146 e. The fourth-order valence-electron chi connectivity index (χ4n) is 2.95. The van der Waals surface area contributed by atoms with Crippen LogP contribution in [0.25, 0.3) is 0 Å². The molecule has 2 atom stereocenters. The van der Waals surface area contributed by atoms with Gasteiger partial charge in [-0.25, -0.2) is 4.39 Å². The van der Waals surface area contributed by atoms with Crippen molar-refractivity contribution >= 4 is 5.69 Å². The average molecular weight is 294 g/mol. The van der Waals surface area contributed by atoms with Crippen molar-refractivity contribution in [3.63, 3.8) is 0 Å². The second-order valence-corrected chi connectivity index (χ2v) is 7.06. The van der Waals surface area contributed by atoms with Crippen molar-refractivity contribution in [1.82, 2.24) is 5.32 Å². The Hall–Kier alpha value is -1.13. The smallest absolute Gasteiger partial charge is 0.146 e. The quantitative estimate of drug-likeness (QED) is 0.896. The molecule has 2 rings (SSSR count). The summed E-state index contributed by atoms with van der Waals surface area (Å²) in [6.45, 7) is 9.91. The molecule has 1 aromatic rings. The lowest BCUT2D eigenvalue weighted by atomic mass is 10.0. The first kappa shape index (κ1) is 16.2. The van der Waals surface area contributed by atoms with E-state index in [1.807, 2.05) is 11.0 Å². The van der Waals surface area contributed by atoms with E-state index in [2.05, 4.69) is 33.0 Å². The van der Waals surface area contributed by atoms with E-state index in [0.717, 1.165) is 18.5 Å². The molecule has 1 aromatic carbocycles. The molecule has 0 spiro atoms. The van der Waals surface area contributed by atoms with E-state index >= 15 is 0 Å². The van der Waals surface area contributed by atoms with Gasteiger partial charge in [0.25, 0.3) is 0 Å². The van der Waals surface area contributed by atoms with Gasteiger partial charge in [0, 0.05) is 18.6 Å². The molecule has 1 heterocycles. The molecule has 0 aromatic heterocycles. The SMILES string of the molecule is CC1CCN(c2c(F)cccc2CNC(C)(C)C)C1CO. The summed E-state index contributed by atoms with van der Waals surface area (Å²) in [5, 5.41) is 13.0. The highest BCUT2D eigenvalue weighted by Gasteiger charge is 2.33. The third kappa shape index (κ3) is 3.74. The Labute approximate surface area is 127 Å². The Bertz CT molecular complexity index is 484. The minimum absolute atomic E-state index is 0.00952. The van der Waals surface area contributed by atoms with Crippen LogP contribution in [0.3, 0.4) is 0 Å². The van der Waals surface area contributed by atoms with Gasteiger partial charge in [0.2, 0.25) is 0 Å². The summed E-state index contributed by atoms with van der Waals surface area (Å²) in [6, 6.07) is 5.24. The number of para-hydroxylation sites is 1. The van der Waals surface area contributed by atoms with Crippen molar-refractivity contribution in [3.8, 4) is 0 Å². The Balaban J connectivity index is 2.29. The number of hydrogen-bond acceptors (Lipinski definition) is 3. The van der Waals surface area contributed by atoms with Crippen LogP contribution < -0.4 is 10.2 Å². The number of nitrogens with one attached hydrogen (secondary N) is 1. The third-order valence-electron chi connectivity index (χ3n) is 4.24. The summed E-state index contributed by atoms with van der Waals surface area (Å²) in [5.74, 6) is 0.189. The van der Waals surface area contributed by atoms with Crippen molar-refractivity contribution < 1.29 is 9.50 Å². The van der Waals surface area contributed by atoms with Gasteiger partial charge < -0.3 is 15.3 Å². The number of aliphatic hydroxyl groups excluding tert-OH is 1. The molecule has 0 saturated carbocycles. The number of halogens is 1. The Morgan fingerprint density at radius 3 is 2.71 bits per heavy atom. The van der Waals surface area contributed by atoms with Crippen LogP contribution in [0.15, 0.2) is 18.2 Å². The number of hydrogen-bond donors (Lipinski definition) is 2. The maximum absolute atomic E-state index is 14.4. The number of aliphatic hydroxyl groups is 1. The third-order valence-corrected chi connectivity index (χ3v) is 4.24. The molecule has 1 saturated heterocycles. The lowest BCUT2D eigenvalue weighted by Crippen LogP contribution is -2.38. The lowest BCUT2D eigenvalue weighted by molar-refractivity contribution is 0.244. The molecule has 118 valence electrons. The maximum atomic E-state index is 14.4. The standard InChI is InChI=1S/C17H27FN2O/c1-12-8-9-20(15(12)11-21)16-13(6-5-7-14(16)18)10-19-17(2,3)4/h5-7,12,15,19,21H,8-11H2,1-4H3. The minimum atomic E-state index is -0.198. The summed E-state index contributed by atoms with van der Waals surface area (Å²) in [4.78, 5) is 2.04. The molecular formula is C17H27FN2O. The van der Waals surface area contributed by atoms with Crippen LogP contribution in [0, 0.1) is 11.7 Å². The zero-order chi connectivity index (χ0) is 15.6. The molecule has 21 heavy (non-hydrogen) atoms. The minimum Gasteiger partial charge on any atom is -0.394 e. The first-order valence-corrected chi connectivity index (χ1v) is 7.73. The van der Waals surface area contributed by atoms with Crippen molar-refractivity contribution in [2.24, 2.45) is 5.92 Å². The monoisotopic (exact) mass is 294 g/mol. The van der Waals surface area contributed by atoms with Crippen LogP contribution in [-0.2, 0) is 6.54 Å². The zero-order valence-electron chi connectivity index (χ0n) is 13.5. The van der Waals surface area contributed by atoms with Crippen LogP contribution in [0.4, 0.5) is 10.1 Å². The molecule has 1 aliphatic heterocycles. The molecule has 0 radical (unpaired) electrons. The second-order valence-electron chi connectivity index (χ2n) is 7.06. The molecule has 4 heteroatoms. The predicted molar refractivity (Wildman–Crippen MR) is 85.0 cm³/mol. The zero-order valence-corrected chi connectivity index (χ0v) is 13.5. The topological polar surface area (TPSA) is 35.5 Å². The summed E-state index contributed by atoms with van der Waals surface area (Å²) >= 11 is 0. The van der Waals surface area contributed by atoms with Crippen molar-refractivity contribution in [1.29, 1.82) is 0 Å². The first-order valence-electron chi connectivity index (χ1n) is 7.73. The molecule has 0 aliphatic carbocycles. The van der Waals surface area contributed by atoms with Gasteiger partial charge in [0.15, 0.2) is 0 Å². The van der Waals surface area contributed by atoms with Crippen LogP contribution >= 0.6 is 0 Å². The Kier molecular flexibility index (Phi) is 4.89. The highest BCUT2D eigenvalue weighted by atomic mass is 19.1. The van der Waals surface area contributed by atoms with Crippen LogP contribution in [0.5, 0.6) is 0 Å². The summed E-state index contributed by atoms with van der Waals surface area (Å²) in [7, 11) is 0. The second kappa shape index (κ2) is 6.32. The number of rotatable bonds is 4. The Morgan fingerprint density at radius 2 is 2.10 bits per heavy atom. The van der Waals surface area contributed by atoms with Gasteiger partial charge in [-0.3, -0.25) is 0 Å². The van der Waals surface area contributed by atoms with E-state index in [4.69, 9.17) is 0 Å². The lowest BCUT2D eigenvalue weighted by Gasteiger charge is -2.30. The van der Waals surface area contributed by atoms with Gasteiger partial charge in [-0.2, -0.15) is 0 Å². The number of anilines is 1. The molecule has 1 fully saturated rings. The fourth-order valence-corrected chi connectivity index (χ4v) is 2.95.